The second-order valence-electron chi connectivity index (χ2n) is 1.19. The van der Waals surface area contributed by atoms with Crippen LogP contribution in [-0.4, -0.2) is 27.0 Å². The summed E-state index contributed by atoms with van der Waals surface area (Å²) < 4.78 is -0.0463. The fraction of sp³-hybridized carbons (Fsp3) is 0.667. The third-order valence-corrected chi connectivity index (χ3v) is 0.975. The van der Waals surface area contributed by atoms with Gasteiger partial charge >= 0.3 is 44.4 Å². The fourth-order valence-electron chi connectivity index (χ4n) is 0. The van der Waals surface area contributed by atoms with Crippen molar-refractivity contribution in [2.24, 2.45) is 5.73 Å². The maximum absolute atomic E-state index is 9.98. The quantitative estimate of drug-likeness (QED) is 0.442. The Bertz CT molecular complexity index is 68.3. The van der Waals surface area contributed by atoms with Gasteiger partial charge in [-0.1, -0.05) is 0 Å². The Balaban J connectivity index is -0.000000125. The minimum atomic E-state index is -0.324. The van der Waals surface area contributed by atoms with E-state index in [9.17, 15) is 4.79 Å². The van der Waals surface area contributed by atoms with E-state index in [1.165, 1.54) is 0 Å². The summed E-state index contributed by atoms with van der Waals surface area (Å²) in [6.45, 7) is 1.65. The smallest absolute Gasteiger partial charge is 1.00 e. The van der Waals surface area contributed by atoms with Crippen LogP contribution < -0.4 is 5.73 Å². The van der Waals surface area contributed by atoms with Crippen molar-refractivity contribution in [1.29, 1.82) is 0 Å². The second-order valence-corrected chi connectivity index (χ2v) is 1.76. The van der Waals surface area contributed by atoms with Gasteiger partial charge in [0.25, 0.3) is 0 Å². The maximum Gasteiger partial charge on any atom is -1.00 e. The van der Waals surface area contributed by atoms with Crippen LogP contribution in [0.2, 0.25) is 0 Å². The van der Waals surface area contributed by atoms with Crippen molar-refractivity contribution in [3.8, 4) is 0 Å². The zero-order valence-electron chi connectivity index (χ0n) is 5.64. The van der Waals surface area contributed by atoms with Crippen molar-refractivity contribution >= 4 is 20.9 Å². The Morgan fingerprint density at radius 2 is 2.33 bits per heavy atom. The van der Waals surface area contributed by atoms with Crippen molar-refractivity contribution in [2.75, 3.05) is 0 Å². The van der Waals surface area contributed by atoms with E-state index in [1.54, 1.807) is 6.92 Å². The Kier molecular flexibility index (Phi) is 2.42. The van der Waals surface area contributed by atoms with Crippen LogP contribution in [0.4, 0.5) is 0 Å². The van der Waals surface area contributed by atoms with E-state index in [2.05, 4.69) is 0 Å². The van der Waals surface area contributed by atoms with E-state index < -0.39 is 0 Å². The molecule has 2 N–H and O–H groups in total. The number of carbonyl (C=O) groups is 1. The van der Waals surface area contributed by atoms with Crippen LogP contribution in [0.25, 0.3) is 0 Å². The summed E-state index contributed by atoms with van der Waals surface area (Å²) >= 11 is 2.01. The summed E-state index contributed by atoms with van der Waals surface area (Å²) in [5.74, 6) is 0. The van der Waals surface area contributed by atoms with Crippen LogP contribution in [-0.2, 0) is 4.79 Å². The standard InChI is InChI=1S/C3H6NO.Al.2H/c1-3(4)2-5;;;/h3H,4H2,1H3;;;/q;+2;2*-1. The first-order chi connectivity index (χ1) is 2.64. The molecule has 0 radical (unpaired) electrons. The molecule has 0 aromatic heterocycles. The van der Waals surface area contributed by atoms with Gasteiger partial charge in [-0.25, -0.2) is 0 Å². The number of hydrogen-bond acceptors (Lipinski definition) is 2. The van der Waals surface area contributed by atoms with Gasteiger partial charge in [0.2, 0.25) is 0 Å². The van der Waals surface area contributed by atoms with Gasteiger partial charge in [-0.05, 0) is 0 Å². The molecule has 0 aromatic carbocycles. The first-order valence-electron chi connectivity index (χ1n) is 1.69. The van der Waals surface area contributed by atoms with Crippen LogP contribution >= 0.6 is 0 Å². The summed E-state index contributed by atoms with van der Waals surface area (Å²) in [6, 6.07) is -0.324. The molecular weight excluding hydrogens is 93.0 g/mol. The number of nitrogens with two attached hydrogens (primary N) is 1. The van der Waals surface area contributed by atoms with Gasteiger partial charge in [0.15, 0.2) is 0 Å². The topological polar surface area (TPSA) is 43.1 Å². The maximum atomic E-state index is 9.98. The third kappa shape index (κ3) is 2.40. The normalized spacial score (nSPS) is 14.0. The third-order valence-electron chi connectivity index (χ3n) is 0.449. The van der Waals surface area contributed by atoms with E-state index in [-0.39, 0.29) is 13.5 Å². The molecule has 34 valence electrons. The molecule has 2 nitrogen and oxygen atoms in total. The summed E-state index contributed by atoms with van der Waals surface area (Å²) in [5.41, 5.74) is 5.06. The Labute approximate surface area is 48.1 Å². The first-order valence-corrected chi connectivity index (χ1v) is 2.27. The molecule has 0 aromatic rings. The van der Waals surface area contributed by atoms with E-state index in [0.717, 1.165) is 0 Å². The molecular formula is C3H8AlNO. The molecule has 0 amide bonds. The molecule has 0 aliphatic heterocycles. The van der Waals surface area contributed by atoms with E-state index in [4.69, 9.17) is 5.73 Å². The minimum absolute atomic E-state index is 0. The summed E-state index contributed by atoms with van der Waals surface area (Å²) in [7, 11) is 0. The predicted octanol–water partition coefficient (Wildman–Crippen LogP) is -0.746. The molecule has 0 bridgehead atoms. The molecule has 0 rings (SSSR count). The van der Waals surface area contributed by atoms with Crippen molar-refractivity contribution in [3.63, 3.8) is 0 Å². The molecule has 0 aliphatic carbocycles. The minimum Gasteiger partial charge on any atom is -1.00 e. The van der Waals surface area contributed by atoms with Gasteiger partial charge < -0.3 is 2.85 Å². The van der Waals surface area contributed by atoms with Crippen LogP contribution in [0.15, 0.2) is 0 Å². The van der Waals surface area contributed by atoms with Crippen molar-refractivity contribution in [2.45, 2.75) is 13.0 Å². The molecule has 0 aliphatic rings. The fourth-order valence-corrected chi connectivity index (χ4v) is 0. The Morgan fingerprint density at radius 1 is 2.17 bits per heavy atom. The molecule has 0 saturated carbocycles. The molecule has 0 heterocycles. The molecule has 0 fully saturated rings. The zero-order chi connectivity index (χ0) is 5.15. The van der Waals surface area contributed by atoms with Crippen LogP contribution in [0.5, 0.6) is 0 Å². The van der Waals surface area contributed by atoms with Gasteiger partial charge in [0.1, 0.15) is 0 Å². The van der Waals surface area contributed by atoms with Crippen LogP contribution in [0.3, 0.4) is 0 Å². The van der Waals surface area contributed by atoms with Gasteiger partial charge in [-0.3, -0.25) is 0 Å². The Hall–Kier alpha value is 0.162. The molecule has 0 spiro atoms. The van der Waals surface area contributed by atoms with E-state index in [1.807, 2.05) is 16.3 Å². The zero-order valence-corrected chi connectivity index (χ0v) is 4.79. The monoisotopic (exact) mass is 101 g/mol. The van der Waals surface area contributed by atoms with Crippen molar-refractivity contribution < 1.29 is 7.65 Å². The van der Waals surface area contributed by atoms with Gasteiger partial charge in [0.05, 0.1) is 0 Å². The Morgan fingerprint density at radius 3 is 2.33 bits per heavy atom. The first kappa shape index (κ1) is 6.16. The largest absolute Gasteiger partial charge is 1.00 e. The molecule has 1 unspecified atom stereocenters. The van der Waals surface area contributed by atoms with E-state index >= 15 is 0 Å². The van der Waals surface area contributed by atoms with Crippen LogP contribution in [0, 0.1) is 0 Å². The number of rotatable bonds is 1. The number of carbonyl (C=O) groups excluding carboxylic acids is 1. The van der Waals surface area contributed by atoms with Gasteiger partial charge in [0, 0.05) is 0 Å². The molecule has 1 atom stereocenters. The number of hydrogen-bond donors (Lipinski definition) is 1. The predicted molar refractivity (Wildman–Crippen MR) is 26.6 cm³/mol. The molecule has 6 heavy (non-hydrogen) atoms. The SMILES string of the molecule is CC(N)[C](=O)[Al+2].[H-].[H-]. The van der Waals surface area contributed by atoms with Crippen molar-refractivity contribution in [1.82, 2.24) is 0 Å². The summed E-state index contributed by atoms with van der Waals surface area (Å²) in [4.78, 5) is 9.98. The van der Waals surface area contributed by atoms with Gasteiger partial charge in [-0.15, -0.1) is 0 Å². The van der Waals surface area contributed by atoms with Gasteiger partial charge in [-0.2, -0.15) is 0 Å². The average molecular weight is 101 g/mol. The molecule has 3 heteroatoms. The average Bonchev–Trinajstić information content (AvgIpc) is 1.36. The molecule has 0 saturated heterocycles. The van der Waals surface area contributed by atoms with Crippen molar-refractivity contribution in [3.05, 3.63) is 0 Å². The van der Waals surface area contributed by atoms with E-state index in [0.29, 0.717) is 0 Å². The summed E-state index contributed by atoms with van der Waals surface area (Å²) in [5, 5.41) is 0. The summed E-state index contributed by atoms with van der Waals surface area (Å²) in [6.07, 6.45) is 0. The second kappa shape index (κ2) is 2.36. The van der Waals surface area contributed by atoms with Crippen LogP contribution in [0.1, 0.15) is 9.78 Å².